The van der Waals surface area contributed by atoms with Gasteiger partial charge >= 0.3 is 0 Å². The molecule has 4 rings (SSSR count). The molecule has 0 radical (unpaired) electrons. The van der Waals surface area contributed by atoms with Gasteiger partial charge in [0.1, 0.15) is 5.75 Å². The molecule has 0 aromatic heterocycles. The Bertz CT molecular complexity index is 1130. The van der Waals surface area contributed by atoms with Gasteiger partial charge in [-0.1, -0.05) is 63.2 Å². The van der Waals surface area contributed by atoms with E-state index in [1.165, 1.54) is 10.8 Å². The molecule has 3 nitrogen and oxygen atoms in total. The van der Waals surface area contributed by atoms with Crippen LogP contribution in [0.2, 0.25) is 0 Å². The quantitative estimate of drug-likeness (QED) is 0.334. The third kappa shape index (κ3) is 5.80. The first kappa shape index (κ1) is 21.7. The van der Waals surface area contributed by atoms with Crippen molar-refractivity contribution in [3.63, 3.8) is 0 Å². The molecule has 0 bridgehead atoms. The van der Waals surface area contributed by atoms with Crippen LogP contribution in [0.1, 0.15) is 26.3 Å². The maximum absolute atomic E-state index is 6.21. The molecule has 162 valence electrons. The number of hydrogen-bond acceptors (Lipinski definition) is 3. The minimum Gasteiger partial charge on any atom is -0.545 e. The van der Waals surface area contributed by atoms with Crippen LogP contribution in [0.15, 0.2) is 103 Å². The van der Waals surface area contributed by atoms with Gasteiger partial charge in [0.25, 0.3) is 9.76 Å². The van der Waals surface area contributed by atoms with Gasteiger partial charge in [0, 0.05) is 22.7 Å². The van der Waals surface area contributed by atoms with E-state index in [0.717, 1.165) is 28.5 Å². The van der Waals surface area contributed by atoms with Crippen LogP contribution in [0.25, 0.3) is 0 Å². The van der Waals surface area contributed by atoms with Crippen LogP contribution in [0.4, 0.5) is 22.7 Å². The van der Waals surface area contributed by atoms with E-state index in [1.807, 2.05) is 30.3 Å². The van der Waals surface area contributed by atoms with Crippen LogP contribution < -0.4 is 20.2 Å². The van der Waals surface area contributed by atoms with Gasteiger partial charge in [-0.25, -0.2) is 0 Å². The summed E-state index contributed by atoms with van der Waals surface area (Å²) in [6, 6.07) is 35.3. The van der Waals surface area contributed by atoms with Gasteiger partial charge in [-0.05, 0) is 76.8 Å². The lowest BCUT2D eigenvalue weighted by atomic mass is 9.87. The Morgan fingerprint density at radius 2 is 1.03 bits per heavy atom. The van der Waals surface area contributed by atoms with Gasteiger partial charge < -0.3 is 15.1 Å². The summed E-state index contributed by atoms with van der Waals surface area (Å²) < 4.78 is 6.21. The van der Waals surface area contributed by atoms with E-state index in [0.29, 0.717) is 0 Å². The van der Waals surface area contributed by atoms with Crippen molar-refractivity contribution in [2.75, 3.05) is 10.6 Å². The fourth-order valence-electron chi connectivity index (χ4n) is 3.67. The predicted octanol–water partition coefficient (Wildman–Crippen LogP) is 6.26. The molecule has 2 N–H and O–H groups in total. The van der Waals surface area contributed by atoms with Crippen molar-refractivity contribution in [3.05, 3.63) is 109 Å². The van der Waals surface area contributed by atoms with Crippen LogP contribution in [0, 0.1) is 0 Å². The maximum atomic E-state index is 6.21. The first-order valence-corrected chi connectivity index (χ1v) is 12.3. The van der Waals surface area contributed by atoms with E-state index in [2.05, 4.69) is 104 Å². The molecule has 4 aromatic rings. The second kappa shape index (κ2) is 9.75. The molecule has 0 saturated heterocycles. The van der Waals surface area contributed by atoms with Crippen molar-refractivity contribution in [2.24, 2.45) is 0 Å². The van der Waals surface area contributed by atoms with Gasteiger partial charge in [-0.3, -0.25) is 0 Å². The van der Waals surface area contributed by atoms with E-state index >= 15 is 0 Å². The zero-order chi connectivity index (χ0) is 22.4. The molecule has 0 aliphatic carbocycles. The fraction of sp³-hybridized carbons (Fsp3) is 0.143. The highest BCUT2D eigenvalue weighted by atomic mass is 28.2. The Kier molecular flexibility index (Phi) is 6.62. The third-order valence-electron chi connectivity index (χ3n) is 5.31. The summed E-state index contributed by atoms with van der Waals surface area (Å²) in [6.07, 6.45) is 0. The molecule has 0 spiro atoms. The van der Waals surface area contributed by atoms with Gasteiger partial charge in [0.05, 0.1) is 0 Å². The van der Waals surface area contributed by atoms with E-state index in [1.54, 1.807) is 0 Å². The van der Waals surface area contributed by atoms with E-state index < -0.39 is 9.76 Å². The molecule has 0 fully saturated rings. The van der Waals surface area contributed by atoms with Gasteiger partial charge in [0.15, 0.2) is 0 Å². The first-order chi connectivity index (χ1) is 15.5. The SMILES string of the molecule is CC(C)(C)c1ccccc1[SiH2]Oc1ccc(Nc2ccc(Nc3ccccc3)cc2)cc1. The summed E-state index contributed by atoms with van der Waals surface area (Å²) in [7, 11) is -0.845. The van der Waals surface area contributed by atoms with Crippen LogP contribution in [0.3, 0.4) is 0 Å². The summed E-state index contributed by atoms with van der Waals surface area (Å²) >= 11 is 0. The van der Waals surface area contributed by atoms with Crippen molar-refractivity contribution < 1.29 is 4.43 Å². The van der Waals surface area contributed by atoms with Gasteiger partial charge in [0.2, 0.25) is 0 Å². The van der Waals surface area contributed by atoms with E-state index in [9.17, 15) is 0 Å². The van der Waals surface area contributed by atoms with Crippen LogP contribution in [0.5, 0.6) is 5.75 Å². The second-order valence-electron chi connectivity index (χ2n) is 8.91. The normalized spacial score (nSPS) is 11.5. The largest absolute Gasteiger partial charge is 0.545 e. The molecule has 0 aliphatic rings. The van der Waals surface area contributed by atoms with Gasteiger partial charge in [-0.15, -0.1) is 0 Å². The number of benzene rings is 4. The van der Waals surface area contributed by atoms with E-state index in [-0.39, 0.29) is 5.41 Å². The van der Waals surface area contributed by atoms with Crippen LogP contribution in [-0.4, -0.2) is 9.76 Å². The Hall–Kier alpha value is -3.50. The highest BCUT2D eigenvalue weighted by molar-refractivity contribution is 6.48. The monoisotopic (exact) mass is 438 g/mol. The van der Waals surface area contributed by atoms with Crippen molar-refractivity contribution >= 4 is 37.7 Å². The molecular formula is C28H30N2OSi. The van der Waals surface area contributed by atoms with Crippen LogP contribution >= 0.6 is 0 Å². The Morgan fingerprint density at radius 1 is 0.562 bits per heavy atom. The highest BCUT2D eigenvalue weighted by Crippen LogP contribution is 2.24. The average molecular weight is 439 g/mol. The predicted molar refractivity (Wildman–Crippen MR) is 140 cm³/mol. The fourth-order valence-corrected chi connectivity index (χ4v) is 5.22. The molecule has 0 heterocycles. The standard InChI is InChI=1S/C28H30N2OSi/c1-28(2,3)26-11-7-8-12-27(26)32-31-25-19-17-24(18-20-25)30-23-15-13-22(14-16-23)29-21-9-5-4-6-10-21/h4-20,29-30H,32H2,1-3H3. The number of nitrogens with one attached hydrogen (secondary N) is 2. The number of anilines is 4. The highest BCUT2D eigenvalue weighted by Gasteiger charge is 2.17. The van der Waals surface area contributed by atoms with Crippen molar-refractivity contribution in [2.45, 2.75) is 26.2 Å². The van der Waals surface area contributed by atoms with Crippen LogP contribution in [-0.2, 0) is 5.41 Å². The number of rotatable bonds is 7. The molecule has 4 heteroatoms. The zero-order valence-electron chi connectivity index (χ0n) is 18.9. The summed E-state index contributed by atoms with van der Waals surface area (Å²) in [5.41, 5.74) is 5.75. The lowest BCUT2D eigenvalue weighted by Crippen LogP contribution is -2.30. The Labute approximate surface area is 193 Å². The maximum Gasteiger partial charge on any atom is 0.251 e. The lowest BCUT2D eigenvalue weighted by Gasteiger charge is -2.22. The second-order valence-corrected chi connectivity index (χ2v) is 10.3. The molecule has 0 amide bonds. The average Bonchev–Trinajstić information content (AvgIpc) is 2.80. The smallest absolute Gasteiger partial charge is 0.251 e. The summed E-state index contributed by atoms with van der Waals surface area (Å²) in [5.74, 6) is 0.924. The topological polar surface area (TPSA) is 33.3 Å². The number of hydrogen-bond donors (Lipinski definition) is 2. The minimum absolute atomic E-state index is 0.132. The molecule has 0 atom stereocenters. The van der Waals surface area contributed by atoms with Crippen molar-refractivity contribution in [1.82, 2.24) is 0 Å². The molecule has 4 aromatic carbocycles. The summed E-state index contributed by atoms with van der Waals surface area (Å²) in [6.45, 7) is 6.76. The zero-order valence-corrected chi connectivity index (χ0v) is 20.3. The van der Waals surface area contributed by atoms with E-state index in [4.69, 9.17) is 4.43 Å². The third-order valence-corrected chi connectivity index (χ3v) is 6.72. The molecule has 32 heavy (non-hydrogen) atoms. The van der Waals surface area contributed by atoms with Crippen molar-refractivity contribution in [3.8, 4) is 5.75 Å². The minimum atomic E-state index is -0.845. The summed E-state index contributed by atoms with van der Waals surface area (Å²) in [5, 5.41) is 8.22. The lowest BCUT2D eigenvalue weighted by molar-refractivity contribution is 0.584. The Balaban J connectivity index is 1.34. The molecule has 0 unspecified atom stereocenters. The molecule has 0 saturated carbocycles. The first-order valence-electron chi connectivity index (χ1n) is 11.0. The van der Waals surface area contributed by atoms with Gasteiger partial charge in [-0.2, -0.15) is 0 Å². The van der Waals surface area contributed by atoms with Crippen molar-refractivity contribution in [1.29, 1.82) is 0 Å². The number of para-hydroxylation sites is 1. The summed E-state index contributed by atoms with van der Waals surface area (Å²) in [4.78, 5) is 0. The molecular weight excluding hydrogens is 408 g/mol. The molecule has 0 aliphatic heterocycles. The Morgan fingerprint density at radius 3 is 1.59 bits per heavy atom.